The number of carbonyl (C=O) groups is 2. The van der Waals surface area contributed by atoms with Gasteiger partial charge in [0.2, 0.25) is 0 Å². The van der Waals surface area contributed by atoms with Crippen molar-refractivity contribution in [1.82, 2.24) is 14.4 Å². The number of allylic oxidation sites excluding steroid dienone is 1. The molecule has 1 saturated heterocycles. The first kappa shape index (κ1) is 18.3. The molecule has 0 aliphatic carbocycles. The number of ether oxygens (including phenoxy) is 1. The van der Waals surface area contributed by atoms with Crippen molar-refractivity contribution in [2.45, 2.75) is 27.3 Å². The minimum Gasteiger partial charge on any atom is -0.450 e. The highest BCUT2D eigenvalue weighted by molar-refractivity contribution is 5.99. The zero-order valence-electron chi connectivity index (χ0n) is 14.9. The van der Waals surface area contributed by atoms with Crippen LogP contribution in [0.15, 0.2) is 18.7 Å². The fourth-order valence-corrected chi connectivity index (χ4v) is 3.09. The molecule has 0 spiro atoms. The highest BCUT2D eigenvalue weighted by Gasteiger charge is 2.24. The quantitative estimate of drug-likeness (QED) is 0.592. The molecule has 0 unspecified atom stereocenters. The molecular formula is C18H27N3O3. The van der Waals surface area contributed by atoms with Crippen molar-refractivity contribution in [2.24, 2.45) is 0 Å². The largest absolute Gasteiger partial charge is 0.450 e. The van der Waals surface area contributed by atoms with Crippen LogP contribution in [0.1, 0.15) is 28.7 Å². The molecule has 0 N–H and O–H groups in total. The fraction of sp³-hybridized carbons (Fsp3) is 0.556. The number of nitrogens with zero attached hydrogens (tertiary/aromatic N) is 3. The van der Waals surface area contributed by atoms with Crippen LogP contribution >= 0.6 is 0 Å². The van der Waals surface area contributed by atoms with Crippen LogP contribution in [0, 0.1) is 13.8 Å². The molecule has 2 heterocycles. The van der Waals surface area contributed by atoms with E-state index in [0.717, 1.165) is 17.0 Å². The van der Waals surface area contributed by atoms with Gasteiger partial charge in [0.15, 0.2) is 5.78 Å². The van der Waals surface area contributed by atoms with E-state index in [-0.39, 0.29) is 11.9 Å². The van der Waals surface area contributed by atoms with E-state index in [4.69, 9.17) is 4.74 Å². The van der Waals surface area contributed by atoms with E-state index in [1.54, 1.807) is 11.8 Å². The van der Waals surface area contributed by atoms with Crippen LogP contribution in [0.25, 0.3) is 0 Å². The van der Waals surface area contributed by atoms with Gasteiger partial charge in [-0.15, -0.1) is 6.58 Å². The van der Waals surface area contributed by atoms with E-state index in [1.165, 1.54) is 0 Å². The number of hydrogen-bond donors (Lipinski definition) is 0. The van der Waals surface area contributed by atoms with Gasteiger partial charge in [-0.1, -0.05) is 6.08 Å². The van der Waals surface area contributed by atoms with Crippen LogP contribution in [0.2, 0.25) is 0 Å². The Bertz CT molecular complexity index is 613. The summed E-state index contributed by atoms with van der Waals surface area (Å²) >= 11 is 0. The van der Waals surface area contributed by atoms with Gasteiger partial charge in [0.05, 0.1) is 13.2 Å². The Kier molecular flexibility index (Phi) is 6.20. The smallest absolute Gasteiger partial charge is 0.409 e. The van der Waals surface area contributed by atoms with Gasteiger partial charge in [-0.3, -0.25) is 9.69 Å². The van der Waals surface area contributed by atoms with Crippen molar-refractivity contribution in [2.75, 3.05) is 39.3 Å². The molecule has 1 aliphatic rings. The van der Waals surface area contributed by atoms with Crippen LogP contribution < -0.4 is 0 Å². The van der Waals surface area contributed by atoms with Gasteiger partial charge >= 0.3 is 6.09 Å². The molecule has 6 nitrogen and oxygen atoms in total. The van der Waals surface area contributed by atoms with E-state index >= 15 is 0 Å². The zero-order chi connectivity index (χ0) is 17.7. The molecule has 6 heteroatoms. The van der Waals surface area contributed by atoms with Crippen LogP contribution in [0.5, 0.6) is 0 Å². The van der Waals surface area contributed by atoms with E-state index in [1.807, 2.05) is 26.0 Å². The maximum atomic E-state index is 12.6. The van der Waals surface area contributed by atoms with E-state index < -0.39 is 0 Å². The van der Waals surface area contributed by atoms with Crippen LogP contribution in [-0.4, -0.2) is 65.6 Å². The summed E-state index contributed by atoms with van der Waals surface area (Å²) in [6.45, 7) is 13.6. The lowest BCUT2D eigenvalue weighted by Crippen LogP contribution is -2.50. The number of rotatable bonds is 6. The first-order valence-corrected chi connectivity index (χ1v) is 8.42. The SMILES string of the molecule is C=CCn1c(C)cc(C(=O)CN2CCN(C(=O)OCC)CC2)c1C. The monoisotopic (exact) mass is 333 g/mol. The molecule has 0 bridgehead atoms. The molecule has 1 amide bonds. The number of amides is 1. The maximum absolute atomic E-state index is 12.6. The van der Waals surface area contributed by atoms with Gasteiger partial charge < -0.3 is 14.2 Å². The van der Waals surface area contributed by atoms with Crippen LogP contribution in [-0.2, 0) is 11.3 Å². The Labute approximate surface area is 143 Å². The molecule has 2 rings (SSSR count). The third-order valence-electron chi connectivity index (χ3n) is 4.45. The molecule has 0 radical (unpaired) electrons. The number of aryl methyl sites for hydroxylation is 1. The number of hydrogen-bond acceptors (Lipinski definition) is 4. The first-order chi connectivity index (χ1) is 11.5. The number of Topliss-reactive ketones (excluding diaryl/α,β-unsaturated/α-hetero) is 1. The average molecular weight is 333 g/mol. The summed E-state index contributed by atoms with van der Waals surface area (Å²) in [6.07, 6.45) is 1.57. The van der Waals surface area contributed by atoms with Crippen molar-refractivity contribution in [3.8, 4) is 0 Å². The lowest BCUT2D eigenvalue weighted by atomic mass is 10.1. The Morgan fingerprint density at radius 2 is 1.92 bits per heavy atom. The molecule has 1 aromatic rings. The highest BCUT2D eigenvalue weighted by atomic mass is 16.6. The number of aromatic nitrogens is 1. The Hall–Kier alpha value is -2.08. The summed E-state index contributed by atoms with van der Waals surface area (Å²) in [4.78, 5) is 28.1. The van der Waals surface area contributed by atoms with Gasteiger partial charge in [0.1, 0.15) is 0 Å². The molecule has 0 saturated carbocycles. The van der Waals surface area contributed by atoms with Crippen molar-refractivity contribution >= 4 is 11.9 Å². The highest BCUT2D eigenvalue weighted by Crippen LogP contribution is 2.17. The fourth-order valence-electron chi connectivity index (χ4n) is 3.09. The molecule has 0 aromatic carbocycles. The van der Waals surface area contributed by atoms with Crippen molar-refractivity contribution in [3.05, 3.63) is 35.7 Å². The Balaban J connectivity index is 1.93. The first-order valence-electron chi connectivity index (χ1n) is 8.42. The summed E-state index contributed by atoms with van der Waals surface area (Å²) in [5, 5.41) is 0. The topological polar surface area (TPSA) is 54.8 Å². The van der Waals surface area contributed by atoms with Gasteiger partial charge in [0.25, 0.3) is 0 Å². The summed E-state index contributed by atoms with van der Waals surface area (Å²) in [7, 11) is 0. The summed E-state index contributed by atoms with van der Waals surface area (Å²) in [5.41, 5.74) is 2.84. The van der Waals surface area contributed by atoms with Crippen LogP contribution in [0.4, 0.5) is 4.79 Å². The summed E-state index contributed by atoms with van der Waals surface area (Å²) in [6, 6.07) is 1.95. The van der Waals surface area contributed by atoms with E-state index in [9.17, 15) is 9.59 Å². The molecule has 1 aromatic heterocycles. The van der Waals surface area contributed by atoms with Gasteiger partial charge in [-0.25, -0.2) is 4.79 Å². The predicted octanol–water partition coefficient (Wildman–Crippen LogP) is 2.25. The number of ketones is 1. The Morgan fingerprint density at radius 1 is 1.25 bits per heavy atom. The third-order valence-corrected chi connectivity index (χ3v) is 4.45. The number of carbonyl (C=O) groups excluding carboxylic acids is 2. The van der Waals surface area contributed by atoms with Crippen LogP contribution in [0.3, 0.4) is 0 Å². The standard InChI is InChI=1S/C18H27N3O3/c1-5-7-21-14(3)12-16(15(21)4)17(22)13-19-8-10-20(11-9-19)18(23)24-6-2/h5,12H,1,6-11,13H2,2-4H3. The molecular weight excluding hydrogens is 306 g/mol. The minimum absolute atomic E-state index is 0.128. The van der Waals surface area contributed by atoms with Gasteiger partial charge in [-0.2, -0.15) is 0 Å². The summed E-state index contributed by atoms with van der Waals surface area (Å²) in [5.74, 6) is 0.128. The lowest BCUT2D eigenvalue weighted by Gasteiger charge is -2.33. The third kappa shape index (κ3) is 4.06. The van der Waals surface area contributed by atoms with Crippen molar-refractivity contribution < 1.29 is 14.3 Å². The molecule has 132 valence electrons. The number of piperazine rings is 1. The summed E-state index contributed by atoms with van der Waals surface area (Å²) < 4.78 is 7.11. The molecule has 1 fully saturated rings. The predicted molar refractivity (Wildman–Crippen MR) is 93.5 cm³/mol. The van der Waals surface area contributed by atoms with Gasteiger partial charge in [-0.05, 0) is 26.8 Å². The Morgan fingerprint density at radius 3 is 2.50 bits per heavy atom. The second-order valence-electron chi connectivity index (χ2n) is 6.07. The van der Waals surface area contributed by atoms with Crippen molar-refractivity contribution in [3.63, 3.8) is 0 Å². The maximum Gasteiger partial charge on any atom is 0.409 e. The normalized spacial score (nSPS) is 15.4. The molecule has 0 atom stereocenters. The lowest BCUT2D eigenvalue weighted by molar-refractivity contribution is 0.0733. The second kappa shape index (κ2) is 8.15. The zero-order valence-corrected chi connectivity index (χ0v) is 14.9. The molecule has 24 heavy (non-hydrogen) atoms. The van der Waals surface area contributed by atoms with Gasteiger partial charge in [0, 0.05) is 49.7 Å². The molecule has 1 aliphatic heterocycles. The van der Waals surface area contributed by atoms with E-state index in [2.05, 4.69) is 16.0 Å². The van der Waals surface area contributed by atoms with Crippen molar-refractivity contribution in [1.29, 1.82) is 0 Å². The van der Waals surface area contributed by atoms with E-state index in [0.29, 0.717) is 45.9 Å². The second-order valence-corrected chi connectivity index (χ2v) is 6.07. The minimum atomic E-state index is -0.267. The average Bonchev–Trinajstić information content (AvgIpc) is 2.84.